The van der Waals surface area contributed by atoms with E-state index in [1.54, 1.807) is 47.9 Å². The number of nitrogens with zero attached hydrogens (tertiary/aromatic N) is 3. The Labute approximate surface area is 164 Å². The van der Waals surface area contributed by atoms with Gasteiger partial charge in [0.2, 0.25) is 0 Å². The van der Waals surface area contributed by atoms with Crippen molar-refractivity contribution in [3.63, 3.8) is 0 Å². The second-order valence-corrected chi connectivity index (χ2v) is 6.54. The van der Waals surface area contributed by atoms with Crippen molar-refractivity contribution >= 4 is 34.6 Å². The van der Waals surface area contributed by atoms with E-state index in [1.807, 2.05) is 0 Å². The molecule has 0 bridgehead atoms. The van der Waals surface area contributed by atoms with Crippen molar-refractivity contribution in [3.05, 3.63) is 74.6 Å². The summed E-state index contributed by atoms with van der Waals surface area (Å²) < 4.78 is 4.98. The first-order valence-corrected chi connectivity index (χ1v) is 8.95. The van der Waals surface area contributed by atoms with Crippen molar-refractivity contribution in [1.82, 2.24) is 4.98 Å². The molecule has 0 N–H and O–H groups in total. The van der Waals surface area contributed by atoms with Crippen LogP contribution in [0.15, 0.2) is 53.9 Å². The van der Waals surface area contributed by atoms with Crippen molar-refractivity contribution < 1.29 is 14.5 Å². The predicted octanol–water partition coefficient (Wildman–Crippen LogP) is 4.71. The third kappa shape index (κ3) is 4.47. The Bertz CT molecular complexity index is 1110. The molecule has 2 aromatic carbocycles. The number of non-ortho nitro benzene ring substituents is 1. The molecule has 0 spiro atoms. The number of ether oxygens (including phenoxy) is 1. The highest BCUT2D eigenvalue weighted by Gasteiger charge is 2.12. The molecule has 138 valence electrons. The quantitative estimate of drug-likeness (QED) is 0.205. The van der Waals surface area contributed by atoms with E-state index in [-0.39, 0.29) is 5.69 Å². The molecular weight excluding hydrogens is 378 g/mol. The highest BCUT2D eigenvalue weighted by Crippen LogP contribution is 2.29. The average Bonchev–Trinajstić information content (AvgIpc) is 3.17. The fraction of sp³-hybridized carbons (Fsp3) is 0.0500. The molecule has 7 nitrogen and oxygen atoms in total. The number of hydrogen-bond acceptors (Lipinski definition) is 7. The van der Waals surface area contributed by atoms with Crippen molar-refractivity contribution in [1.29, 1.82) is 5.26 Å². The maximum atomic E-state index is 11.0. The number of carbonyl (C=O) groups excluding carboxylic acids is 1. The largest absolute Gasteiger partial charge is 0.427 e. The van der Waals surface area contributed by atoms with Gasteiger partial charge in [-0.3, -0.25) is 14.9 Å². The Kier molecular flexibility index (Phi) is 5.58. The molecule has 0 aliphatic carbocycles. The number of allylic oxidation sites excluding steroid dienone is 1. The van der Waals surface area contributed by atoms with Gasteiger partial charge in [0, 0.05) is 30.0 Å². The van der Waals surface area contributed by atoms with Gasteiger partial charge in [-0.15, -0.1) is 11.3 Å². The Balaban J connectivity index is 1.87. The van der Waals surface area contributed by atoms with Crippen LogP contribution in [0.2, 0.25) is 0 Å². The third-order valence-electron chi connectivity index (χ3n) is 3.66. The van der Waals surface area contributed by atoms with Gasteiger partial charge in [0.1, 0.15) is 16.8 Å². The van der Waals surface area contributed by atoms with E-state index in [2.05, 4.69) is 11.1 Å². The topological polar surface area (TPSA) is 106 Å². The van der Waals surface area contributed by atoms with Crippen LogP contribution in [0.3, 0.4) is 0 Å². The van der Waals surface area contributed by atoms with E-state index in [1.165, 1.54) is 30.4 Å². The van der Waals surface area contributed by atoms with E-state index in [0.717, 1.165) is 5.56 Å². The Morgan fingerprint density at radius 2 is 2.04 bits per heavy atom. The van der Waals surface area contributed by atoms with E-state index in [4.69, 9.17) is 4.74 Å². The fourth-order valence-electron chi connectivity index (χ4n) is 2.42. The first-order valence-electron chi connectivity index (χ1n) is 8.07. The molecule has 3 aromatic rings. The summed E-state index contributed by atoms with van der Waals surface area (Å²) in [6.45, 7) is 1.32. The van der Waals surface area contributed by atoms with Crippen LogP contribution in [0.4, 0.5) is 5.69 Å². The van der Waals surface area contributed by atoms with Crippen LogP contribution in [0.5, 0.6) is 5.75 Å². The van der Waals surface area contributed by atoms with Crippen LogP contribution >= 0.6 is 11.3 Å². The Morgan fingerprint density at radius 1 is 1.29 bits per heavy atom. The SMILES string of the molecule is CC(=O)Oc1ccc(/C=C(/C#N)c2nc(-c3cccc([N+](=O)[O-])c3)cs2)cc1. The normalized spacial score (nSPS) is 10.9. The first-order chi connectivity index (χ1) is 13.5. The molecule has 1 heterocycles. The Hall–Kier alpha value is -3.83. The van der Waals surface area contributed by atoms with Crippen LogP contribution in [-0.2, 0) is 4.79 Å². The van der Waals surface area contributed by atoms with Crippen molar-refractivity contribution in [2.45, 2.75) is 6.92 Å². The van der Waals surface area contributed by atoms with Crippen LogP contribution in [0.1, 0.15) is 17.5 Å². The van der Waals surface area contributed by atoms with E-state index < -0.39 is 10.9 Å². The molecule has 3 rings (SSSR count). The van der Waals surface area contributed by atoms with Gasteiger partial charge >= 0.3 is 5.97 Å². The molecule has 0 fully saturated rings. The van der Waals surface area contributed by atoms with Gasteiger partial charge in [0.25, 0.3) is 5.69 Å². The summed E-state index contributed by atoms with van der Waals surface area (Å²) in [5.74, 6) is 0.0165. The van der Waals surface area contributed by atoms with Gasteiger partial charge < -0.3 is 4.74 Å². The fourth-order valence-corrected chi connectivity index (χ4v) is 3.21. The highest BCUT2D eigenvalue weighted by atomic mass is 32.1. The summed E-state index contributed by atoms with van der Waals surface area (Å²) in [6.07, 6.45) is 1.67. The van der Waals surface area contributed by atoms with Crippen LogP contribution < -0.4 is 4.74 Å². The first kappa shape index (κ1) is 18.9. The monoisotopic (exact) mass is 391 g/mol. The number of nitriles is 1. The molecule has 0 aliphatic rings. The number of thiazole rings is 1. The molecule has 28 heavy (non-hydrogen) atoms. The number of hydrogen-bond donors (Lipinski definition) is 0. The summed E-state index contributed by atoms with van der Waals surface area (Å²) in [7, 11) is 0. The minimum Gasteiger partial charge on any atom is -0.427 e. The van der Waals surface area contributed by atoms with Crippen molar-refractivity contribution in [2.75, 3.05) is 0 Å². The second-order valence-electron chi connectivity index (χ2n) is 5.68. The molecule has 0 amide bonds. The average molecular weight is 391 g/mol. The molecular formula is C20H13N3O4S. The number of benzene rings is 2. The van der Waals surface area contributed by atoms with E-state index in [0.29, 0.717) is 27.6 Å². The van der Waals surface area contributed by atoms with Crippen LogP contribution in [-0.4, -0.2) is 15.9 Å². The van der Waals surface area contributed by atoms with Crippen molar-refractivity contribution in [3.8, 4) is 23.1 Å². The van der Waals surface area contributed by atoms with Gasteiger partial charge in [0.05, 0.1) is 16.2 Å². The molecule has 0 saturated heterocycles. The van der Waals surface area contributed by atoms with E-state index >= 15 is 0 Å². The summed E-state index contributed by atoms with van der Waals surface area (Å²) in [5, 5.41) is 22.7. The number of nitro groups is 1. The summed E-state index contributed by atoms with van der Waals surface area (Å²) in [6, 6.07) is 15.0. The maximum absolute atomic E-state index is 11.0. The van der Waals surface area contributed by atoms with Gasteiger partial charge in [-0.1, -0.05) is 24.3 Å². The van der Waals surface area contributed by atoms with Gasteiger partial charge in [-0.05, 0) is 23.8 Å². The lowest BCUT2D eigenvalue weighted by Gasteiger charge is -2.01. The van der Waals surface area contributed by atoms with Crippen LogP contribution in [0, 0.1) is 21.4 Å². The molecule has 0 unspecified atom stereocenters. The zero-order valence-electron chi connectivity index (χ0n) is 14.7. The molecule has 0 saturated carbocycles. The van der Waals surface area contributed by atoms with Gasteiger partial charge in [0.15, 0.2) is 0 Å². The summed E-state index contributed by atoms with van der Waals surface area (Å²) in [4.78, 5) is 25.9. The number of rotatable bonds is 5. The second kappa shape index (κ2) is 8.24. The van der Waals surface area contributed by atoms with E-state index in [9.17, 15) is 20.2 Å². The lowest BCUT2D eigenvalue weighted by atomic mass is 10.1. The molecule has 0 atom stereocenters. The minimum atomic E-state index is -0.461. The van der Waals surface area contributed by atoms with Gasteiger partial charge in [-0.2, -0.15) is 5.26 Å². The molecule has 0 radical (unpaired) electrons. The summed E-state index contributed by atoms with van der Waals surface area (Å²) in [5.41, 5.74) is 2.27. The number of carbonyl (C=O) groups is 1. The molecule has 1 aromatic heterocycles. The predicted molar refractivity (Wildman–Crippen MR) is 105 cm³/mol. The van der Waals surface area contributed by atoms with Crippen molar-refractivity contribution in [2.24, 2.45) is 0 Å². The number of esters is 1. The molecule has 8 heteroatoms. The summed E-state index contributed by atoms with van der Waals surface area (Å²) >= 11 is 1.28. The lowest BCUT2D eigenvalue weighted by molar-refractivity contribution is -0.384. The minimum absolute atomic E-state index is 0.0176. The maximum Gasteiger partial charge on any atom is 0.308 e. The molecule has 0 aliphatic heterocycles. The zero-order chi connectivity index (χ0) is 20.1. The third-order valence-corrected chi connectivity index (χ3v) is 4.54. The smallest absolute Gasteiger partial charge is 0.308 e. The number of nitro benzene ring substituents is 1. The highest BCUT2D eigenvalue weighted by molar-refractivity contribution is 7.11. The van der Waals surface area contributed by atoms with Crippen LogP contribution in [0.25, 0.3) is 22.9 Å². The lowest BCUT2D eigenvalue weighted by Crippen LogP contribution is -2.00. The zero-order valence-corrected chi connectivity index (χ0v) is 15.5. The van der Waals surface area contributed by atoms with Gasteiger partial charge in [-0.25, -0.2) is 4.98 Å². The number of aromatic nitrogens is 1. The standard InChI is InChI=1S/C20H13N3O4S/c1-13(24)27-18-7-5-14(6-8-18)9-16(11-21)20-22-19(12-28-20)15-3-2-4-17(10-15)23(25)26/h2-10,12H,1H3/b16-9-. The Morgan fingerprint density at radius 3 is 2.68 bits per heavy atom.